The smallest absolute Gasteiger partial charge is 0.109 e. The van der Waals surface area contributed by atoms with Crippen LogP contribution in [0.1, 0.15) is 31.7 Å². The average Bonchev–Trinajstić information content (AvgIpc) is 2.67. The van der Waals surface area contributed by atoms with Gasteiger partial charge in [-0.3, -0.25) is 0 Å². The first-order valence-corrected chi connectivity index (χ1v) is 5.98. The second kappa shape index (κ2) is 4.66. The summed E-state index contributed by atoms with van der Waals surface area (Å²) in [7, 11) is 0. The van der Waals surface area contributed by atoms with E-state index in [0.717, 1.165) is 30.5 Å². The predicted octanol–water partition coefficient (Wildman–Crippen LogP) is 2.47. The number of nitrogens with zero attached hydrogens (tertiary/aromatic N) is 2. The van der Waals surface area contributed by atoms with Gasteiger partial charge in [0.25, 0.3) is 0 Å². The number of aryl methyl sites for hydroxylation is 2. The number of benzene rings is 1. The van der Waals surface area contributed by atoms with E-state index >= 15 is 0 Å². The van der Waals surface area contributed by atoms with Gasteiger partial charge in [-0.15, -0.1) is 0 Å². The second-order valence-corrected chi connectivity index (χ2v) is 4.06. The molecule has 1 heterocycles. The third-order valence-electron chi connectivity index (χ3n) is 2.89. The van der Waals surface area contributed by atoms with Crippen molar-refractivity contribution in [3.8, 4) is 0 Å². The van der Waals surface area contributed by atoms with Crippen LogP contribution in [0.5, 0.6) is 0 Å². The van der Waals surface area contributed by atoms with Crippen molar-refractivity contribution in [2.75, 3.05) is 0 Å². The van der Waals surface area contributed by atoms with Crippen LogP contribution >= 0.6 is 0 Å². The SMILES string of the molecule is CCCn1c(CC)nc2cc(CN)ccc21. The molecular weight excluding hydrogens is 198 g/mol. The van der Waals surface area contributed by atoms with Gasteiger partial charge in [0.15, 0.2) is 0 Å². The fourth-order valence-corrected chi connectivity index (χ4v) is 2.10. The first kappa shape index (κ1) is 11.1. The zero-order chi connectivity index (χ0) is 11.5. The Hall–Kier alpha value is -1.35. The van der Waals surface area contributed by atoms with Crippen molar-refractivity contribution < 1.29 is 0 Å². The molecule has 0 saturated heterocycles. The standard InChI is InChI=1S/C13H19N3/c1-3-7-16-12-6-5-10(9-14)8-11(12)15-13(16)4-2/h5-6,8H,3-4,7,9,14H2,1-2H3. The van der Waals surface area contributed by atoms with Crippen molar-refractivity contribution in [3.63, 3.8) is 0 Å². The summed E-state index contributed by atoms with van der Waals surface area (Å²) in [6, 6.07) is 6.33. The van der Waals surface area contributed by atoms with Gasteiger partial charge >= 0.3 is 0 Å². The molecule has 3 nitrogen and oxygen atoms in total. The Morgan fingerprint density at radius 3 is 2.75 bits per heavy atom. The summed E-state index contributed by atoms with van der Waals surface area (Å²) in [5.41, 5.74) is 9.10. The van der Waals surface area contributed by atoms with Crippen molar-refractivity contribution >= 4 is 11.0 Å². The Morgan fingerprint density at radius 2 is 2.12 bits per heavy atom. The van der Waals surface area contributed by atoms with Gasteiger partial charge in [0.05, 0.1) is 11.0 Å². The zero-order valence-corrected chi connectivity index (χ0v) is 10.0. The average molecular weight is 217 g/mol. The molecule has 86 valence electrons. The van der Waals surface area contributed by atoms with Crippen LogP contribution < -0.4 is 5.73 Å². The van der Waals surface area contributed by atoms with E-state index in [4.69, 9.17) is 5.73 Å². The van der Waals surface area contributed by atoms with Crippen LogP contribution in [-0.4, -0.2) is 9.55 Å². The molecule has 0 amide bonds. The molecule has 0 unspecified atom stereocenters. The molecule has 0 aliphatic heterocycles. The molecule has 0 spiro atoms. The molecule has 0 fully saturated rings. The van der Waals surface area contributed by atoms with Crippen LogP contribution in [0.3, 0.4) is 0 Å². The molecule has 1 aromatic heterocycles. The number of hydrogen-bond acceptors (Lipinski definition) is 2. The van der Waals surface area contributed by atoms with E-state index in [2.05, 4.69) is 41.6 Å². The van der Waals surface area contributed by atoms with Crippen LogP contribution in [0.4, 0.5) is 0 Å². The van der Waals surface area contributed by atoms with Gasteiger partial charge in [-0.25, -0.2) is 4.98 Å². The molecule has 0 bridgehead atoms. The Labute approximate surface area is 96.3 Å². The fraction of sp³-hybridized carbons (Fsp3) is 0.462. The lowest BCUT2D eigenvalue weighted by Gasteiger charge is -2.05. The molecule has 0 saturated carbocycles. The van der Waals surface area contributed by atoms with Crippen LogP contribution in [0.25, 0.3) is 11.0 Å². The summed E-state index contributed by atoms with van der Waals surface area (Å²) in [5.74, 6) is 1.17. The van der Waals surface area contributed by atoms with E-state index in [1.165, 1.54) is 11.3 Å². The van der Waals surface area contributed by atoms with Crippen LogP contribution in [-0.2, 0) is 19.5 Å². The third kappa shape index (κ3) is 1.83. The van der Waals surface area contributed by atoms with Gasteiger partial charge in [-0.2, -0.15) is 0 Å². The molecular formula is C13H19N3. The minimum absolute atomic E-state index is 0.581. The number of fused-ring (bicyclic) bond motifs is 1. The summed E-state index contributed by atoms with van der Waals surface area (Å²) in [5, 5.41) is 0. The normalized spacial score (nSPS) is 11.2. The third-order valence-corrected chi connectivity index (χ3v) is 2.89. The molecule has 2 rings (SSSR count). The lowest BCUT2D eigenvalue weighted by molar-refractivity contribution is 0.659. The van der Waals surface area contributed by atoms with Gasteiger partial charge < -0.3 is 10.3 Å². The number of nitrogens with two attached hydrogens (primary N) is 1. The Morgan fingerprint density at radius 1 is 1.31 bits per heavy atom. The summed E-state index contributed by atoms with van der Waals surface area (Å²) in [6.45, 7) is 5.97. The van der Waals surface area contributed by atoms with Crippen molar-refractivity contribution in [2.24, 2.45) is 5.73 Å². The van der Waals surface area contributed by atoms with Gasteiger partial charge in [0, 0.05) is 19.5 Å². The van der Waals surface area contributed by atoms with Gasteiger partial charge in [-0.1, -0.05) is 19.9 Å². The molecule has 0 atom stereocenters. The molecule has 1 aromatic carbocycles. The molecule has 2 aromatic rings. The highest BCUT2D eigenvalue weighted by atomic mass is 15.1. The van der Waals surface area contributed by atoms with Crippen molar-refractivity contribution in [2.45, 2.75) is 39.8 Å². The van der Waals surface area contributed by atoms with Crippen molar-refractivity contribution in [3.05, 3.63) is 29.6 Å². The Bertz CT molecular complexity index is 485. The highest BCUT2D eigenvalue weighted by molar-refractivity contribution is 5.77. The van der Waals surface area contributed by atoms with Crippen LogP contribution in [0, 0.1) is 0 Å². The number of imidazole rings is 1. The monoisotopic (exact) mass is 217 g/mol. The second-order valence-electron chi connectivity index (χ2n) is 4.06. The van der Waals surface area contributed by atoms with E-state index < -0.39 is 0 Å². The minimum Gasteiger partial charge on any atom is -0.328 e. The quantitative estimate of drug-likeness (QED) is 0.855. The topological polar surface area (TPSA) is 43.8 Å². The van der Waals surface area contributed by atoms with Gasteiger partial charge in [0.2, 0.25) is 0 Å². The molecule has 0 radical (unpaired) electrons. The lowest BCUT2D eigenvalue weighted by Crippen LogP contribution is -2.02. The van der Waals surface area contributed by atoms with E-state index in [9.17, 15) is 0 Å². The number of aromatic nitrogens is 2. The number of hydrogen-bond donors (Lipinski definition) is 1. The van der Waals surface area contributed by atoms with Crippen LogP contribution in [0.2, 0.25) is 0 Å². The van der Waals surface area contributed by atoms with Crippen molar-refractivity contribution in [1.82, 2.24) is 9.55 Å². The summed E-state index contributed by atoms with van der Waals surface area (Å²) in [4.78, 5) is 4.67. The first-order valence-electron chi connectivity index (χ1n) is 5.98. The lowest BCUT2D eigenvalue weighted by atomic mass is 10.2. The minimum atomic E-state index is 0.581. The number of rotatable bonds is 4. The fourth-order valence-electron chi connectivity index (χ4n) is 2.10. The molecule has 0 aliphatic carbocycles. The van der Waals surface area contributed by atoms with Gasteiger partial charge in [0.1, 0.15) is 5.82 Å². The maximum absolute atomic E-state index is 5.64. The van der Waals surface area contributed by atoms with Crippen LogP contribution in [0.15, 0.2) is 18.2 Å². The molecule has 16 heavy (non-hydrogen) atoms. The Kier molecular flexibility index (Phi) is 3.25. The van der Waals surface area contributed by atoms with Gasteiger partial charge in [-0.05, 0) is 24.1 Å². The molecule has 2 N–H and O–H groups in total. The highest BCUT2D eigenvalue weighted by Crippen LogP contribution is 2.18. The summed E-state index contributed by atoms with van der Waals surface area (Å²) in [6.07, 6.45) is 2.11. The summed E-state index contributed by atoms with van der Waals surface area (Å²) >= 11 is 0. The molecule has 0 aliphatic rings. The van der Waals surface area contributed by atoms with Crippen molar-refractivity contribution in [1.29, 1.82) is 0 Å². The van der Waals surface area contributed by atoms with E-state index in [0.29, 0.717) is 6.54 Å². The zero-order valence-electron chi connectivity index (χ0n) is 10.0. The van der Waals surface area contributed by atoms with E-state index in [1.807, 2.05) is 0 Å². The maximum atomic E-state index is 5.64. The maximum Gasteiger partial charge on any atom is 0.109 e. The van der Waals surface area contributed by atoms with E-state index in [1.54, 1.807) is 0 Å². The first-order chi connectivity index (χ1) is 7.80. The Balaban J connectivity index is 2.58. The predicted molar refractivity (Wildman–Crippen MR) is 67.3 cm³/mol. The van der Waals surface area contributed by atoms with E-state index in [-0.39, 0.29) is 0 Å². The highest BCUT2D eigenvalue weighted by Gasteiger charge is 2.08. The summed E-state index contributed by atoms with van der Waals surface area (Å²) < 4.78 is 2.32. The largest absolute Gasteiger partial charge is 0.328 e. The molecule has 3 heteroatoms.